The molecular weight excluding hydrogens is 618 g/mol. The van der Waals surface area contributed by atoms with Crippen LogP contribution < -0.4 is 14.8 Å². The molecule has 0 saturated carbocycles. The van der Waals surface area contributed by atoms with E-state index < -0.39 is 16.1 Å². The van der Waals surface area contributed by atoms with E-state index in [1.807, 2.05) is 6.42 Å². The van der Waals surface area contributed by atoms with Crippen LogP contribution in [0.3, 0.4) is 0 Å². The van der Waals surface area contributed by atoms with Crippen molar-refractivity contribution in [1.82, 2.24) is 14.5 Å². The Morgan fingerprint density at radius 2 is 1.83 bits per heavy atom. The average Bonchev–Trinajstić information content (AvgIpc) is 3.39. The number of carbonyl (C=O) groups is 1. The minimum Gasteiger partial charge on any atom is -0.510 e. The molecule has 2 amide bonds. The predicted octanol–water partition coefficient (Wildman–Crippen LogP) is 1.97. The zero-order chi connectivity index (χ0) is 19.3. The molecule has 0 atom stereocenters. The van der Waals surface area contributed by atoms with Crippen LogP contribution in [0.1, 0.15) is 35.1 Å². The van der Waals surface area contributed by atoms with Crippen molar-refractivity contribution in [2.24, 2.45) is 0 Å². The van der Waals surface area contributed by atoms with Gasteiger partial charge in [0.2, 0.25) is 5.88 Å². The van der Waals surface area contributed by atoms with Gasteiger partial charge in [-0.1, -0.05) is 12.6 Å². The second-order valence-electron chi connectivity index (χ2n) is 7.39. The maximum absolute atomic E-state index is 12.7. The van der Waals surface area contributed by atoms with E-state index in [1.165, 1.54) is 22.0 Å². The number of carbonyl (C=O) groups excluding carboxylic acids is 1. The first kappa shape index (κ1) is 20.8. The van der Waals surface area contributed by atoms with Crippen molar-refractivity contribution in [3.63, 3.8) is 0 Å². The van der Waals surface area contributed by atoms with Gasteiger partial charge in [-0.15, -0.1) is 0 Å². The number of urea groups is 1. The molecule has 1 aromatic carbocycles. The molecule has 3 aliphatic rings. The van der Waals surface area contributed by atoms with Crippen molar-refractivity contribution in [3.8, 4) is 5.88 Å². The summed E-state index contributed by atoms with van der Waals surface area (Å²) < 4.78 is 34.4. The summed E-state index contributed by atoms with van der Waals surface area (Å²) >= 11 is 0. The SMILES string of the molecule is O=C(Nc1c2c(cc3c1CCC3)CCC2)NS(=O)(=O)c1cnn2c1OC[CH-]C2.[U]. The smallest absolute Gasteiger partial charge is 0.333 e. The monoisotopic (exact) mass is 639 g/mol. The number of aromatic nitrogens is 2. The molecule has 0 unspecified atom stereocenters. The fourth-order valence-electron chi connectivity index (χ4n) is 4.41. The number of anilines is 1. The van der Waals surface area contributed by atoms with Crippen LogP contribution in [0.5, 0.6) is 5.88 Å². The van der Waals surface area contributed by atoms with Crippen molar-refractivity contribution < 1.29 is 49.1 Å². The topological polar surface area (TPSA) is 102 Å². The third-order valence-electron chi connectivity index (χ3n) is 5.63. The van der Waals surface area contributed by atoms with Crippen LogP contribution in [-0.4, -0.2) is 30.8 Å². The standard InChI is InChI=1S/C19H21N4O4S.U/c24-19(22-28(25,26)16-11-20-23-8-3-9-27-18(16)23)21-17-14-6-1-4-12(14)10-13-5-2-7-15(13)17;/h3,10-11H,1-2,4-9H2,(H2,21,22,24);/q-1;. The summed E-state index contributed by atoms with van der Waals surface area (Å²) in [6.07, 6.45) is 9.00. The first-order chi connectivity index (χ1) is 13.5. The minimum absolute atomic E-state index is 0. The molecule has 1 aliphatic heterocycles. The van der Waals surface area contributed by atoms with Gasteiger partial charge in [0, 0.05) is 36.8 Å². The molecule has 10 heteroatoms. The first-order valence-electron chi connectivity index (χ1n) is 9.53. The molecule has 0 bridgehead atoms. The minimum atomic E-state index is -4.09. The Kier molecular flexibility index (Phi) is 5.71. The number of sulfonamides is 1. The molecule has 2 heterocycles. The number of hydrogen-bond acceptors (Lipinski definition) is 5. The summed E-state index contributed by atoms with van der Waals surface area (Å²) in [7, 11) is -4.09. The van der Waals surface area contributed by atoms with Gasteiger partial charge in [0.05, 0.1) is 6.20 Å². The average molecular weight is 639 g/mol. The quantitative estimate of drug-likeness (QED) is 0.501. The summed E-state index contributed by atoms with van der Waals surface area (Å²) in [6, 6.07) is 1.51. The fraction of sp³-hybridized carbons (Fsp3) is 0.421. The molecule has 2 N–H and O–H groups in total. The van der Waals surface area contributed by atoms with E-state index in [4.69, 9.17) is 4.74 Å². The van der Waals surface area contributed by atoms with Gasteiger partial charge in [-0.05, 0) is 67.4 Å². The molecule has 29 heavy (non-hydrogen) atoms. The van der Waals surface area contributed by atoms with Crippen LogP contribution in [0.4, 0.5) is 10.5 Å². The molecular formula is C19H21N4O4SU-. The molecule has 0 fully saturated rings. The van der Waals surface area contributed by atoms with E-state index in [0.29, 0.717) is 13.2 Å². The van der Waals surface area contributed by atoms with Crippen LogP contribution >= 0.6 is 0 Å². The molecule has 5 rings (SSSR count). The van der Waals surface area contributed by atoms with Crippen LogP contribution in [0.25, 0.3) is 0 Å². The van der Waals surface area contributed by atoms with E-state index in [2.05, 4.69) is 21.2 Å². The number of amides is 2. The zero-order valence-corrected chi connectivity index (χ0v) is 20.8. The summed E-state index contributed by atoms with van der Waals surface area (Å²) in [4.78, 5) is 12.5. The number of hydrogen-bond donors (Lipinski definition) is 2. The van der Waals surface area contributed by atoms with E-state index in [9.17, 15) is 13.2 Å². The third kappa shape index (κ3) is 3.71. The summed E-state index contributed by atoms with van der Waals surface area (Å²) in [5, 5.41) is 6.86. The van der Waals surface area contributed by atoms with Crippen molar-refractivity contribution in [2.45, 2.75) is 50.0 Å². The van der Waals surface area contributed by atoms with E-state index in [-0.39, 0.29) is 41.9 Å². The molecule has 0 saturated heterocycles. The van der Waals surface area contributed by atoms with Crippen molar-refractivity contribution in [2.75, 3.05) is 11.9 Å². The number of aryl methyl sites for hydroxylation is 2. The number of fused-ring (bicyclic) bond motifs is 3. The van der Waals surface area contributed by atoms with Gasteiger partial charge in [-0.2, -0.15) is 5.10 Å². The van der Waals surface area contributed by atoms with Gasteiger partial charge in [0.25, 0.3) is 10.0 Å². The predicted molar refractivity (Wildman–Crippen MR) is 102 cm³/mol. The van der Waals surface area contributed by atoms with Gasteiger partial charge < -0.3 is 10.1 Å². The van der Waals surface area contributed by atoms with Crippen LogP contribution in [-0.2, 0) is 42.3 Å². The van der Waals surface area contributed by atoms with Gasteiger partial charge in [-0.3, -0.25) is 11.1 Å². The normalized spacial score (nSPS) is 16.8. The summed E-state index contributed by atoms with van der Waals surface area (Å²) in [5.41, 5.74) is 5.64. The second kappa shape index (κ2) is 7.97. The first-order valence-corrected chi connectivity index (χ1v) is 11.0. The molecule has 0 radical (unpaired) electrons. The number of nitrogens with one attached hydrogen (secondary N) is 2. The number of rotatable bonds is 3. The van der Waals surface area contributed by atoms with Crippen molar-refractivity contribution >= 4 is 21.7 Å². The molecule has 8 nitrogen and oxygen atoms in total. The molecule has 0 spiro atoms. The zero-order valence-electron chi connectivity index (χ0n) is 15.8. The van der Waals surface area contributed by atoms with Crippen molar-refractivity contribution in [1.29, 1.82) is 0 Å². The van der Waals surface area contributed by atoms with E-state index >= 15 is 0 Å². The Labute approximate surface area is 193 Å². The Bertz CT molecular complexity index is 1050. The Hall–Kier alpha value is -1.50. The van der Waals surface area contributed by atoms with E-state index in [0.717, 1.165) is 55.3 Å². The fourth-order valence-corrected chi connectivity index (χ4v) is 5.40. The molecule has 152 valence electrons. The largest absolute Gasteiger partial charge is 0.510 e. The maximum atomic E-state index is 12.7. The Balaban J connectivity index is 0.00000205. The third-order valence-corrected chi connectivity index (χ3v) is 6.94. The maximum Gasteiger partial charge on any atom is 0.333 e. The molecule has 2 aromatic rings. The number of nitrogens with zero attached hydrogens (tertiary/aromatic N) is 2. The van der Waals surface area contributed by atoms with Gasteiger partial charge in [0.15, 0.2) is 4.90 Å². The van der Waals surface area contributed by atoms with Gasteiger partial charge in [0.1, 0.15) is 0 Å². The Morgan fingerprint density at radius 1 is 1.14 bits per heavy atom. The van der Waals surface area contributed by atoms with Gasteiger partial charge in [-0.25, -0.2) is 17.9 Å². The van der Waals surface area contributed by atoms with Crippen molar-refractivity contribution in [3.05, 3.63) is 40.9 Å². The molecule has 2 aliphatic carbocycles. The number of benzene rings is 1. The molecule has 1 aromatic heterocycles. The Morgan fingerprint density at radius 3 is 2.52 bits per heavy atom. The van der Waals surface area contributed by atoms with Crippen LogP contribution in [0.15, 0.2) is 17.2 Å². The van der Waals surface area contributed by atoms with Crippen LogP contribution in [0.2, 0.25) is 0 Å². The summed E-state index contributed by atoms with van der Waals surface area (Å²) in [5.74, 6) is 0.157. The van der Waals surface area contributed by atoms with Crippen LogP contribution in [0, 0.1) is 37.5 Å². The van der Waals surface area contributed by atoms with Gasteiger partial charge >= 0.3 is 6.03 Å². The number of ether oxygens (including phenoxy) is 1. The summed E-state index contributed by atoms with van der Waals surface area (Å²) in [6.45, 7) is 0.780. The van der Waals surface area contributed by atoms with E-state index in [1.54, 1.807) is 0 Å². The second-order valence-corrected chi connectivity index (χ2v) is 9.04.